The van der Waals surface area contributed by atoms with E-state index in [-0.39, 0.29) is 82.2 Å². The average molecular weight is 677 g/mol. The highest BCUT2D eigenvalue weighted by molar-refractivity contribution is 7.99. The fraction of sp³-hybridized carbons (Fsp3) is 0.471. The number of ether oxygens (including phenoxy) is 6. The summed E-state index contributed by atoms with van der Waals surface area (Å²) in [6.45, 7) is 8.50. The molecule has 0 spiro atoms. The van der Waals surface area contributed by atoms with Crippen LogP contribution in [0.2, 0.25) is 0 Å². The van der Waals surface area contributed by atoms with Gasteiger partial charge in [-0.1, -0.05) is 44.7 Å². The normalized spacial score (nSPS) is 10.8. The zero-order valence-corrected chi connectivity index (χ0v) is 28.2. The molecular formula is C34H44O10S2. The number of rotatable bonds is 23. The minimum atomic E-state index is -0.477. The van der Waals surface area contributed by atoms with Gasteiger partial charge < -0.3 is 28.4 Å². The Morgan fingerprint density at radius 3 is 1.63 bits per heavy atom. The molecule has 0 atom stereocenters. The Morgan fingerprint density at radius 2 is 1.13 bits per heavy atom. The minimum Gasteiger partial charge on any atom is -0.490 e. The summed E-state index contributed by atoms with van der Waals surface area (Å²) in [5.74, 6) is 1.59. The van der Waals surface area contributed by atoms with Gasteiger partial charge in [-0.3, -0.25) is 14.4 Å². The van der Waals surface area contributed by atoms with E-state index in [1.807, 2.05) is 48.5 Å². The highest BCUT2D eigenvalue weighted by atomic mass is 32.2. The third-order valence-electron chi connectivity index (χ3n) is 6.58. The monoisotopic (exact) mass is 676 g/mol. The van der Waals surface area contributed by atoms with Crippen LogP contribution in [-0.4, -0.2) is 80.8 Å². The van der Waals surface area contributed by atoms with Crippen molar-refractivity contribution in [3.05, 3.63) is 72.3 Å². The van der Waals surface area contributed by atoms with Crippen molar-refractivity contribution >= 4 is 48.3 Å². The molecule has 46 heavy (non-hydrogen) atoms. The molecule has 0 saturated carbocycles. The Labute approximate surface area is 280 Å². The number of carbonyl (C=O) groups excluding carboxylic acids is 4. The molecule has 0 aliphatic carbocycles. The van der Waals surface area contributed by atoms with Crippen LogP contribution in [0.1, 0.15) is 50.7 Å². The molecule has 0 saturated heterocycles. The number of thioether (sulfide) groups is 1. The maximum Gasteiger partial charge on any atom is 0.330 e. The third-order valence-corrected chi connectivity index (χ3v) is 7.87. The van der Waals surface area contributed by atoms with Crippen LogP contribution in [0.5, 0.6) is 11.5 Å². The second kappa shape index (κ2) is 22.0. The van der Waals surface area contributed by atoms with Gasteiger partial charge in [0.15, 0.2) is 0 Å². The highest BCUT2D eigenvalue weighted by Gasteiger charge is 2.23. The van der Waals surface area contributed by atoms with E-state index >= 15 is 0 Å². The quantitative estimate of drug-likeness (QED) is 0.0539. The summed E-state index contributed by atoms with van der Waals surface area (Å²) < 4.78 is 31.4. The largest absolute Gasteiger partial charge is 0.490 e. The van der Waals surface area contributed by atoms with Gasteiger partial charge in [0, 0.05) is 29.4 Å². The molecule has 0 N–H and O–H groups in total. The molecule has 0 fully saturated rings. The van der Waals surface area contributed by atoms with E-state index in [2.05, 4.69) is 33.1 Å². The van der Waals surface area contributed by atoms with E-state index in [0.29, 0.717) is 29.4 Å². The SMILES string of the molecule is C=CC(=O)OCCOc1ccc(C(C)(C)c2ccc(OCCOC(=O)CCCSCCC(=O)OCCOC(=O)CCS)cc2)cc1. The predicted molar refractivity (Wildman–Crippen MR) is 180 cm³/mol. The molecule has 0 bridgehead atoms. The van der Waals surface area contributed by atoms with E-state index in [0.717, 1.165) is 23.0 Å². The van der Waals surface area contributed by atoms with Gasteiger partial charge in [-0.05, 0) is 47.6 Å². The molecule has 10 nitrogen and oxygen atoms in total. The van der Waals surface area contributed by atoms with E-state index in [9.17, 15) is 19.2 Å². The Balaban J connectivity index is 1.57. The van der Waals surface area contributed by atoms with E-state index in [1.54, 1.807) is 11.8 Å². The van der Waals surface area contributed by atoms with Crippen molar-refractivity contribution in [2.75, 3.05) is 56.9 Å². The van der Waals surface area contributed by atoms with Gasteiger partial charge in [-0.25, -0.2) is 4.79 Å². The first-order chi connectivity index (χ1) is 22.1. The van der Waals surface area contributed by atoms with Gasteiger partial charge in [-0.2, -0.15) is 24.4 Å². The zero-order valence-electron chi connectivity index (χ0n) is 26.5. The molecule has 2 rings (SSSR count). The maximum absolute atomic E-state index is 12.0. The minimum absolute atomic E-state index is 0.0361. The second-order valence-electron chi connectivity index (χ2n) is 10.3. The van der Waals surface area contributed by atoms with Crippen LogP contribution < -0.4 is 9.47 Å². The standard InChI is InChI=1S/C34H44O10S2/c1-4-30(35)41-19-17-39-28-11-7-26(8-12-28)34(2,3)27-9-13-29(14-10-27)40-18-20-42-31(36)6-5-24-46-25-16-33(38)44-22-21-43-32(37)15-23-45/h4,7-14,45H,1,5-6,15-25H2,2-3H3. The summed E-state index contributed by atoms with van der Waals surface area (Å²) in [5, 5.41) is 0. The molecule has 252 valence electrons. The second-order valence-corrected chi connectivity index (χ2v) is 12.0. The number of hydrogen-bond acceptors (Lipinski definition) is 12. The molecule has 0 aliphatic heterocycles. The summed E-state index contributed by atoms with van der Waals surface area (Å²) in [4.78, 5) is 46.0. The van der Waals surface area contributed by atoms with Gasteiger partial charge in [0.2, 0.25) is 0 Å². The first-order valence-electron chi connectivity index (χ1n) is 15.1. The Morgan fingerprint density at radius 1 is 0.674 bits per heavy atom. The van der Waals surface area contributed by atoms with Crippen LogP contribution >= 0.6 is 24.4 Å². The predicted octanol–water partition coefficient (Wildman–Crippen LogP) is 5.35. The van der Waals surface area contributed by atoms with Gasteiger partial charge in [0.25, 0.3) is 0 Å². The van der Waals surface area contributed by atoms with Crippen molar-refractivity contribution in [1.82, 2.24) is 0 Å². The molecule has 0 unspecified atom stereocenters. The van der Waals surface area contributed by atoms with Crippen molar-refractivity contribution < 1.29 is 47.6 Å². The van der Waals surface area contributed by atoms with Gasteiger partial charge in [-0.15, -0.1) is 0 Å². The first kappa shape index (κ1) is 38.5. The van der Waals surface area contributed by atoms with Crippen molar-refractivity contribution in [1.29, 1.82) is 0 Å². The number of hydrogen-bond donors (Lipinski definition) is 1. The first-order valence-corrected chi connectivity index (χ1v) is 16.9. The number of thiol groups is 1. The van der Waals surface area contributed by atoms with Gasteiger partial charge >= 0.3 is 23.9 Å². The number of carbonyl (C=O) groups is 4. The van der Waals surface area contributed by atoms with E-state index in [4.69, 9.17) is 28.4 Å². The van der Waals surface area contributed by atoms with E-state index in [1.165, 1.54) is 0 Å². The Kier molecular flexibility index (Phi) is 18.4. The summed E-state index contributed by atoms with van der Waals surface area (Å²) in [7, 11) is 0. The Bertz CT molecular complexity index is 1230. The Hall–Kier alpha value is -3.64. The van der Waals surface area contributed by atoms with Crippen molar-refractivity contribution in [3.8, 4) is 11.5 Å². The molecule has 0 aromatic heterocycles. The van der Waals surface area contributed by atoms with Crippen LogP contribution in [0.3, 0.4) is 0 Å². The molecule has 2 aromatic carbocycles. The van der Waals surface area contributed by atoms with Crippen LogP contribution in [-0.2, 0) is 43.5 Å². The zero-order chi connectivity index (χ0) is 33.6. The summed E-state index contributed by atoms with van der Waals surface area (Å²) in [6, 6.07) is 15.6. The molecule has 0 heterocycles. The molecule has 0 radical (unpaired) electrons. The number of esters is 4. The molecule has 12 heteroatoms. The van der Waals surface area contributed by atoms with Crippen molar-refractivity contribution in [2.24, 2.45) is 0 Å². The van der Waals surface area contributed by atoms with Gasteiger partial charge in [0.1, 0.15) is 51.1 Å². The van der Waals surface area contributed by atoms with Crippen LogP contribution in [0.4, 0.5) is 0 Å². The van der Waals surface area contributed by atoms with Gasteiger partial charge in [0.05, 0.1) is 12.8 Å². The van der Waals surface area contributed by atoms with Crippen molar-refractivity contribution in [2.45, 2.75) is 44.9 Å². The lowest BCUT2D eigenvalue weighted by Crippen LogP contribution is -2.19. The van der Waals surface area contributed by atoms with Crippen LogP contribution in [0, 0.1) is 0 Å². The molecule has 0 amide bonds. The highest BCUT2D eigenvalue weighted by Crippen LogP contribution is 2.33. The smallest absolute Gasteiger partial charge is 0.330 e. The lowest BCUT2D eigenvalue weighted by molar-refractivity contribution is -0.151. The lowest BCUT2D eigenvalue weighted by atomic mass is 9.78. The fourth-order valence-corrected chi connectivity index (χ4v) is 5.02. The summed E-state index contributed by atoms with van der Waals surface area (Å²) in [6.07, 6.45) is 2.51. The van der Waals surface area contributed by atoms with Crippen LogP contribution in [0.15, 0.2) is 61.2 Å². The topological polar surface area (TPSA) is 124 Å². The summed E-state index contributed by atoms with van der Waals surface area (Å²) in [5.41, 5.74) is 1.95. The third kappa shape index (κ3) is 15.6. The van der Waals surface area contributed by atoms with E-state index < -0.39 is 5.97 Å². The maximum atomic E-state index is 12.0. The lowest BCUT2D eigenvalue weighted by Gasteiger charge is -2.26. The molecular weight excluding hydrogens is 632 g/mol. The molecule has 0 aliphatic rings. The molecule has 2 aromatic rings. The summed E-state index contributed by atoms with van der Waals surface area (Å²) >= 11 is 5.50. The fourth-order valence-electron chi connectivity index (χ4n) is 3.97. The van der Waals surface area contributed by atoms with Crippen LogP contribution in [0.25, 0.3) is 0 Å². The number of benzene rings is 2. The van der Waals surface area contributed by atoms with Crippen molar-refractivity contribution in [3.63, 3.8) is 0 Å². The average Bonchev–Trinajstić information content (AvgIpc) is 3.05.